The molecule has 0 saturated carbocycles. The Morgan fingerprint density at radius 2 is 1.40 bits per heavy atom. The van der Waals surface area contributed by atoms with Crippen molar-refractivity contribution in [3.63, 3.8) is 0 Å². The number of piperidine rings is 1. The first-order chi connectivity index (χ1) is 14.8. The SMILES string of the molecule is COc1ccc(N2CCN3C[C@@H]2CC[C@H]3C(c2ccccc2)c2ccccc2)cc1. The number of hydrogen-bond acceptors (Lipinski definition) is 3. The molecule has 3 aromatic carbocycles. The molecular weight excluding hydrogens is 368 g/mol. The largest absolute Gasteiger partial charge is 0.497 e. The molecule has 3 atom stereocenters. The first-order valence-electron chi connectivity index (χ1n) is 11.1. The van der Waals surface area contributed by atoms with Gasteiger partial charge in [0.05, 0.1) is 7.11 Å². The maximum Gasteiger partial charge on any atom is 0.119 e. The van der Waals surface area contributed by atoms with E-state index in [1.165, 1.54) is 29.7 Å². The van der Waals surface area contributed by atoms with E-state index in [1.807, 2.05) is 0 Å². The normalized spacial score (nSPS) is 23.4. The summed E-state index contributed by atoms with van der Waals surface area (Å²) in [7, 11) is 1.73. The molecule has 2 aliphatic rings. The number of rotatable bonds is 5. The molecule has 30 heavy (non-hydrogen) atoms. The fourth-order valence-electron chi connectivity index (χ4n) is 5.42. The van der Waals surface area contributed by atoms with Crippen LogP contribution in [0.2, 0.25) is 0 Å². The van der Waals surface area contributed by atoms with Gasteiger partial charge in [0, 0.05) is 43.3 Å². The molecule has 3 heteroatoms. The van der Waals surface area contributed by atoms with Crippen molar-refractivity contribution in [2.45, 2.75) is 30.8 Å². The van der Waals surface area contributed by atoms with Crippen molar-refractivity contribution >= 4 is 5.69 Å². The van der Waals surface area contributed by atoms with Gasteiger partial charge in [-0.2, -0.15) is 0 Å². The number of methoxy groups -OCH3 is 1. The Bertz CT molecular complexity index is 902. The maximum atomic E-state index is 5.34. The number of hydrogen-bond donors (Lipinski definition) is 0. The van der Waals surface area contributed by atoms with Crippen LogP contribution in [0, 0.1) is 0 Å². The zero-order valence-corrected chi connectivity index (χ0v) is 17.7. The Kier molecular flexibility index (Phi) is 5.46. The monoisotopic (exact) mass is 398 g/mol. The van der Waals surface area contributed by atoms with Gasteiger partial charge in [0.1, 0.15) is 5.75 Å². The summed E-state index contributed by atoms with van der Waals surface area (Å²) in [5.41, 5.74) is 4.19. The summed E-state index contributed by atoms with van der Waals surface area (Å²) in [5, 5.41) is 0. The highest BCUT2D eigenvalue weighted by atomic mass is 16.5. The van der Waals surface area contributed by atoms with Gasteiger partial charge < -0.3 is 9.64 Å². The Morgan fingerprint density at radius 3 is 2.00 bits per heavy atom. The molecule has 0 amide bonds. The molecule has 0 aromatic heterocycles. The van der Waals surface area contributed by atoms with Gasteiger partial charge in [-0.15, -0.1) is 0 Å². The van der Waals surface area contributed by atoms with Gasteiger partial charge >= 0.3 is 0 Å². The van der Waals surface area contributed by atoms with Crippen molar-refractivity contribution in [3.05, 3.63) is 96.1 Å². The van der Waals surface area contributed by atoms with E-state index in [0.29, 0.717) is 18.0 Å². The van der Waals surface area contributed by atoms with Crippen LogP contribution in [0.3, 0.4) is 0 Å². The van der Waals surface area contributed by atoms with Crippen LogP contribution in [0.25, 0.3) is 0 Å². The number of benzene rings is 3. The van der Waals surface area contributed by atoms with Crippen molar-refractivity contribution in [1.82, 2.24) is 4.90 Å². The minimum absolute atomic E-state index is 0.431. The average Bonchev–Trinajstić information content (AvgIpc) is 2.82. The second-order valence-corrected chi connectivity index (χ2v) is 8.48. The third-order valence-corrected chi connectivity index (χ3v) is 6.89. The van der Waals surface area contributed by atoms with Gasteiger partial charge in [-0.05, 0) is 48.2 Å². The molecule has 2 bridgehead atoms. The van der Waals surface area contributed by atoms with Crippen LogP contribution in [-0.2, 0) is 0 Å². The van der Waals surface area contributed by atoms with Gasteiger partial charge in [0.25, 0.3) is 0 Å². The smallest absolute Gasteiger partial charge is 0.119 e. The molecule has 2 saturated heterocycles. The van der Waals surface area contributed by atoms with Crippen LogP contribution in [0.15, 0.2) is 84.9 Å². The fraction of sp³-hybridized carbons (Fsp3) is 0.333. The summed E-state index contributed by atoms with van der Waals surface area (Å²) in [6.07, 6.45) is 2.47. The number of nitrogens with zero attached hydrogens (tertiary/aromatic N) is 2. The predicted octanol–water partition coefficient (Wildman–Crippen LogP) is 5.18. The lowest BCUT2D eigenvalue weighted by molar-refractivity contribution is 0.0967. The summed E-state index contributed by atoms with van der Waals surface area (Å²) in [6, 6.07) is 31.9. The van der Waals surface area contributed by atoms with E-state index in [0.717, 1.165) is 25.4 Å². The molecule has 3 aromatic rings. The van der Waals surface area contributed by atoms with Gasteiger partial charge in [0.2, 0.25) is 0 Å². The summed E-state index contributed by atoms with van der Waals surface area (Å²) >= 11 is 0. The van der Waals surface area contributed by atoms with E-state index < -0.39 is 0 Å². The third kappa shape index (κ3) is 3.70. The molecule has 5 rings (SSSR count). The van der Waals surface area contributed by atoms with E-state index in [2.05, 4.69) is 94.7 Å². The van der Waals surface area contributed by atoms with Gasteiger partial charge in [-0.1, -0.05) is 60.7 Å². The average molecular weight is 399 g/mol. The molecule has 2 fully saturated rings. The Hall–Kier alpha value is -2.78. The van der Waals surface area contributed by atoms with Crippen LogP contribution >= 0.6 is 0 Å². The van der Waals surface area contributed by atoms with E-state index in [9.17, 15) is 0 Å². The van der Waals surface area contributed by atoms with Crippen molar-refractivity contribution in [1.29, 1.82) is 0 Å². The minimum atomic E-state index is 0.431. The zero-order chi connectivity index (χ0) is 20.3. The van der Waals surface area contributed by atoms with Gasteiger partial charge in [0.15, 0.2) is 0 Å². The summed E-state index contributed by atoms with van der Waals surface area (Å²) in [6.45, 7) is 3.35. The topological polar surface area (TPSA) is 15.7 Å². The minimum Gasteiger partial charge on any atom is -0.497 e. The van der Waals surface area contributed by atoms with Crippen molar-refractivity contribution < 1.29 is 4.74 Å². The lowest BCUT2D eigenvalue weighted by atomic mass is 9.79. The van der Waals surface area contributed by atoms with Crippen LogP contribution < -0.4 is 9.64 Å². The van der Waals surface area contributed by atoms with Gasteiger partial charge in [-0.25, -0.2) is 0 Å². The summed E-state index contributed by atoms with van der Waals surface area (Å²) in [4.78, 5) is 5.35. The molecular formula is C27H30N2O. The van der Waals surface area contributed by atoms with Crippen LogP contribution in [-0.4, -0.2) is 43.7 Å². The molecule has 2 heterocycles. The van der Waals surface area contributed by atoms with Crippen molar-refractivity contribution in [3.8, 4) is 5.75 Å². The van der Waals surface area contributed by atoms with E-state index in [-0.39, 0.29) is 0 Å². The fourth-order valence-corrected chi connectivity index (χ4v) is 5.42. The Labute approximate surface area is 179 Å². The van der Waals surface area contributed by atoms with Crippen LogP contribution in [0.4, 0.5) is 5.69 Å². The highest BCUT2D eigenvalue weighted by molar-refractivity contribution is 5.51. The molecule has 1 unspecified atom stereocenters. The second-order valence-electron chi connectivity index (χ2n) is 8.48. The zero-order valence-electron chi connectivity index (χ0n) is 17.7. The summed E-state index contributed by atoms with van der Waals surface area (Å²) in [5.74, 6) is 1.36. The van der Waals surface area contributed by atoms with E-state index in [1.54, 1.807) is 7.11 Å². The molecule has 154 valence electrons. The van der Waals surface area contributed by atoms with Crippen molar-refractivity contribution in [2.75, 3.05) is 31.6 Å². The van der Waals surface area contributed by atoms with Crippen molar-refractivity contribution in [2.24, 2.45) is 0 Å². The first-order valence-corrected chi connectivity index (χ1v) is 11.1. The van der Waals surface area contributed by atoms with Crippen LogP contribution in [0.5, 0.6) is 5.75 Å². The van der Waals surface area contributed by atoms with E-state index >= 15 is 0 Å². The third-order valence-electron chi connectivity index (χ3n) is 6.89. The predicted molar refractivity (Wildman–Crippen MR) is 123 cm³/mol. The van der Waals surface area contributed by atoms with Crippen LogP contribution in [0.1, 0.15) is 29.9 Å². The molecule has 0 radical (unpaired) electrons. The van der Waals surface area contributed by atoms with Gasteiger partial charge in [-0.3, -0.25) is 4.90 Å². The molecule has 3 nitrogen and oxygen atoms in total. The number of anilines is 1. The number of fused-ring (bicyclic) bond motifs is 2. The Morgan fingerprint density at radius 1 is 0.767 bits per heavy atom. The molecule has 0 aliphatic carbocycles. The van der Waals surface area contributed by atoms with E-state index in [4.69, 9.17) is 4.74 Å². The standard InChI is InChI=1S/C27H30N2O/c1-30-25-15-12-23(13-16-25)29-19-18-28-20-24(29)14-17-26(28)27(21-8-4-2-5-9-21)22-10-6-3-7-11-22/h2-13,15-16,24,26-27H,14,17-20H2,1H3/t24-,26-/m0/s1. The molecule has 0 N–H and O–H groups in total. The molecule has 0 spiro atoms. The quantitative estimate of drug-likeness (QED) is 0.589. The second kappa shape index (κ2) is 8.53. The lowest BCUT2D eigenvalue weighted by Crippen LogP contribution is -2.60. The first kappa shape index (κ1) is 19.2. The maximum absolute atomic E-state index is 5.34. The number of ether oxygens (including phenoxy) is 1. The lowest BCUT2D eigenvalue weighted by Gasteiger charge is -2.52. The highest BCUT2D eigenvalue weighted by Crippen LogP contribution is 2.39. The Balaban J connectivity index is 1.38. The summed E-state index contributed by atoms with van der Waals surface area (Å²) < 4.78 is 5.34. The highest BCUT2D eigenvalue weighted by Gasteiger charge is 2.39. The molecule has 2 aliphatic heterocycles. The number of piperazine rings is 1.